The van der Waals surface area contributed by atoms with Crippen LogP contribution >= 0.6 is 0 Å². The van der Waals surface area contributed by atoms with E-state index in [4.69, 9.17) is 18.9 Å². The van der Waals surface area contributed by atoms with Crippen molar-refractivity contribution in [3.8, 4) is 5.75 Å². The molecule has 1 aliphatic heterocycles. The second kappa shape index (κ2) is 10.3. The van der Waals surface area contributed by atoms with Crippen LogP contribution < -0.4 is 21.2 Å². The molecule has 3 heterocycles. The second-order valence-electron chi connectivity index (χ2n) is 9.25. The van der Waals surface area contributed by atoms with Crippen molar-refractivity contribution in [1.29, 1.82) is 0 Å². The Labute approximate surface area is 232 Å². The summed E-state index contributed by atoms with van der Waals surface area (Å²) in [6, 6.07) is 11.9. The van der Waals surface area contributed by atoms with E-state index in [1.165, 1.54) is 0 Å². The van der Waals surface area contributed by atoms with Gasteiger partial charge in [-0.2, -0.15) is 0 Å². The van der Waals surface area contributed by atoms with E-state index in [0.717, 1.165) is 36.9 Å². The molecule has 0 radical (unpaired) electrons. The SMILES string of the molecule is COC(=O)C1=C(Nc2c(C)cccc2C)Oc2c(c(=O)n3c(c2C(=O)OC)c(=O)[nH]c2ccccc23)C1C(=O)OC. The summed E-state index contributed by atoms with van der Waals surface area (Å²) in [7, 11) is 3.29. The maximum absolute atomic E-state index is 14.2. The minimum Gasteiger partial charge on any atom is -0.468 e. The molecule has 2 aromatic heterocycles. The van der Waals surface area contributed by atoms with Gasteiger partial charge < -0.3 is 29.2 Å². The molecule has 12 nitrogen and oxygen atoms in total. The van der Waals surface area contributed by atoms with E-state index in [9.17, 15) is 24.0 Å². The van der Waals surface area contributed by atoms with Gasteiger partial charge in [-0.1, -0.05) is 30.3 Å². The van der Waals surface area contributed by atoms with Gasteiger partial charge in [0.15, 0.2) is 5.75 Å². The van der Waals surface area contributed by atoms with Crippen molar-refractivity contribution in [3.63, 3.8) is 0 Å². The lowest BCUT2D eigenvalue weighted by Gasteiger charge is -2.30. The van der Waals surface area contributed by atoms with E-state index in [2.05, 4.69) is 10.3 Å². The highest BCUT2D eigenvalue weighted by Gasteiger charge is 2.45. The lowest BCUT2D eigenvalue weighted by Crippen LogP contribution is -2.38. The summed E-state index contributed by atoms with van der Waals surface area (Å²) >= 11 is 0. The molecule has 4 aromatic rings. The highest BCUT2D eigenvalue weighted by Crippen LogP contribution is 2.42. The van der Waals surface area contributed by atoms with E-state index in [1.807, 2.05) is 32.0 Å². The summed E-state index contributed by atoms with van der Waals surface area (Å²) in [4.78, 5) is 70.1. The van der Waals surface area contributed by atoms with Crippen LogP contribution in [0.5, 0.6) is 5.75 Å². The van der Waals surface area contributed by atoms with Crippen molar-refractivity contribution < 1.29 is 33.3 Å². The lowest BCUT2D eigenvalue weighted by molar-refractivity contribution is -0.145. The van der Waals surface area contributed by atoms with Gasteiger partial charge >= 0.3 is 17.9 Å². The van der Waals surface area contributed by atoms with Crippen LogP contribution in [0.3, 0.4) is 0 Å². The third-order valence-electron chi connectivity index (χ3n) is 6.95. The molecule has 0 bridgehead atoms. The number of H-pyrrole nitrogens is 1. The number of nitrogens with zero attached hydrogens (tertiary/aromatic N) is 1. The fourth-order valence-electron chi connectivity index (χ4n) is 5.05. The number of hydrogen-bond donors (Lipinski definition) is 2. The molecule has 0 saturated carbocycles. The van der Waals surface area contributed by atoms with Crippen molar-refractivity contribution in [2.45, 2.75) is 19.8 Å². The Kier molecular flexibility index (Phi) is 6.83. The van der Waals surface area contributed by atoms with Crippen LogP contribution in [0, 0.1) is 13.8 Å². The highest BCUT2D eigenvalue weighted by atomic mass is 16.5. The molecular weight excluding hydrogens is 534 g/mol. The molecular formula is C29H25N3O9. The third kappa shape index (κ3) is 4.20. The van der Waals surface area contributed by atoms with Crippen LogP contribution in [0.1, 0.15) is 33.0 Å². The molecule has 5 rings (SSSR count). The molecule has 2 N–H and O–H groups in total. The van der Waals surface area contributed by atoms with E-state index < -0.39 is 51.8 Å². The molecule has 0 amide bonds. The number of aromatic amines is 1. The maximum Gasteiger partial charge on any atom is 0.344 e. The quantitative estimate of drug-likeness (QED) is 0.212. The maximum atomic E-state index is 14.2. The first-order valence-corrected chi connectivity index (χ1v) is 12.4. The van der Waals surface area contributed by atoms with Gasteiger partial charge in [0.05, 0.1) is 37.9 Å². The Morgan fingerprint density at radius 3 is 2.20 bits per heavy atom. The zero-order valence-corrected chi connectivity index (χ0v) is 22.7. The van der Waals surface area contributed by atoms with Gasteiger partial charge in [0.2, 0.25) is 5.88 Å². The predicted octanol–water partition coefficient (Wildman–Crippen LogP) is 2.69. The van der Waals surface area contributed by atoms with Gasteiger partial charge in [-0.05, 0) is 37.1 Å². The zero-order valence-electron chi connectivity index (χ0n) is 22.7. The largest absolute Gasteiger partial charge is 0.468 e. The summed E-state index contributed by atoms with van der Waals surface area (Å²) in [6.07, 6.45) is 0. The topological polar surface area (TPSA) is 154 Å². The summed E-state index contributed by atoms with van der Waals surface area (Å²) in [5.74, 6) is -5.43. The minimum atomic E-state index is -1.70. The van der Waals surface area contributed by atoms with Crippen molar-refractivity contribution >= 4 is 40.1 Å². The Morgan fingerprint density at radius 1 is 0.902 bits per heavy atom. The summed E-state index contributed by atoms with van der Waals surface area (Å²) < 4.78 is 22.1. The number of carbonyl (C=O) groups excluding carboxylic acids is 3. The molecule has 210 valence electrons. The summed E-state index contributed by atoms with van der Waals surface area (Å²) in [5.41, 5.74) is -0.639. The first-order chi connectivity index (χ1) is 19.6. The standard InChI is InChI=1S/C29H25N3O9/c1-13-9-8-10-14(2)21(13)31-25-19(28(36)39-4)17(27(35)38-3)18-23(41-25)20(29(37)40-5)22-24(33)30-15-11-6-7-12-16(15)32(22)26(18)34/h6-12,17,31H,1-5H3,(H,30,33). The van der Waals surface area contributed by atoms with E-state index in [-0.39, 0.29) is 28.0 Å². The molecule has 1 aliphatic rings. The molecule has 0 aliphatic carbocycles. The number of benzene rings is 2. The second-order valence-corrected chi connectivity index (χ2v) is 9.25. The van der Waals surface area contributed by atoms with Crippen LogP contribution in [-0.2, 0) is 23.8 Å². The lowest BCUT2D eigenvalue weighted by atomic mass is 9.87. The Balaban J connectivity index is 1.97. The molecule has 41 heavy (non-hydrogen) atoms. The summed E-state index contributed by atoms with van der Waals surface area (Å²) in [5, 5.41) is 3.03. The van der Waals surface area contributed by atoms with Crippen LogP contribution in [0.25, 0.3) is 16.6 Å². The number of aryl methyl sites for hydroxylation is 2. The average Bonchev–Trinajstić information content (AvgIpc) is 2.97. The number of aromatic nitrogens is 2. The number of anilines is 1. The van der Waals surface area contributed by atoms with Crippen LogP contribution in [-0.4, -0.2) is 48.6 Å². The monoisotopic (exact) mass is 559 g/mol. The first kappa shape index (κ1) is 27.2. The van der Waals surface area contributed by atoms with Crippen LogP contribution in [0.4, 0.5) is 5.69 Å². The highest BCUT2D eigenvalue weighted by molar-refractivity contribution is 6.05. The number of rotatable bonds is 5. The number of fused-ring (bicyclic) bond motifs is 4. The molecule has 1 atom stereocenters. The number of carbonyl (C=O) groups is 3. The third-order valence-corrected chi connectivity index (χ3v) is 6.95. The smallest absolute Gasteiger partial charge is 0.344 e. The number of para-hydroxylation sites is 3. The van der Waals surface area contributed by atoms with E-state index in [0.29, 0.717) is 5.69 Å². The fourth-order valence-corrected chi connectivity index (χ4v) is 5.05. The molecule has 0 saturated heterocycles. The van der Waals surface area contributed by atoms with E-state index in [1.54, 1.807) is 24.3 Å². The van der Waals surface area contributed by atoms with Crippen molar-refractivity contribution in [2.24, 2.45) is 0 Å². The van der Waals surface area contributed by atoms with Gasteiger partial charge in [0.1, 0.15) is 22.6 Å². The van der Waals surface area contributed by atoms with Crippen molar-refractivity contribution in [1.82, 2.24) is 9.38 Å². The minimum absolute atomic E-state index is 0.228. The Morgan fingerprint density at radius 2 is 1.56 bits per heavy atom. The van der Waals surface area contributed by atoms with Crippen molar-refractivity contribution in [2.75, 3.05) is 26.6 Å². The molecule has 0 spiro atoms. The zero-order chi connectivity index (χ0) is 29.6. The predicted molar refractivity (Wildman–Crippen MR) is 147 cm³/mol. The van der Waals surface area contributed by atoms with Gasteiger partial charge in [-0.25, -0.2) is 9.59 Å². The fraction of sp³-hybridized carbons (Fsp3) is 0.207. The first-order valence-electron chi connectivity index (χ1n) is 12.4. The number of ether oxygens (including phenoxy) is 4. The number of methoxy groups -OCH3 is 3. The Bertz CT molecular complexity index is 1910. The van der Waals surface area contributed by atoms with Crippen LogP contribution in [0.2, 0.25) is 0 Å². The molecule has 12 heteroatoms. The molecule has 0 fully saturated rings. The van der Waals surface area contributed by atoms with Crippen molar-refractivity contribution in [3.05, 3.63) is 96.9 Å². The average molecular weight is 560 g/mol. The number of pyridine rings is 1. The van der Waals surface area contributed by atoms with Gasteiger partial charge in [-0.15, -0.1) is 0 Å². The Hall–Kier alpha value is -5.39. The molecule has 2 aromatic carbocycles. The number of nitrogens with one attached hydrogen (secondary N) is 2. The van der Waals surface area contributed by atoms with Gasteiger partial charge in [0.25, 0.3) is 11.1 Å². The number of esters is 3. The molecule has 1 unspecified atom stereocenters. The normalized spacial score (nSPS) is 14.3. The van der Waals surface area contributed by atoms with E-state index >= 15 is 0 Å². The number of hydrogen-bond acceptors (Lipinski definition) is 10. The van der Waals surface area contributed by atoms with Gasteiger partial charge in [0, 0.05) is 5.69 Å². The van der Waals surface area contributed by atoms with Crippen LogP contribution in [0.15, 0.2) is 63.5 Å². The summed E-state index contributed by atoms with van der Waals surface area (Å²) in [6.45, 7) is 3.62. The van der Waals surface area contributed by atoms with Gasteiger partial charge in [-0.3, -0.25) is 18.8 Å².